The van der Waals surface area contributed by atoms with Crippen molar-refractivity contribution in [3.63, 3.8) is 0 Å². The second-order valence-electron chi connectivity index (χ2n) is 3.72. The molecule has 2 rings (SSSR count). The van der Waals surface area contributed by atoms with E-state index in [0.29, 0.717) is 18.2 Å². The number of ether oxygens (including phenoxy) is 1. The molecular formula is C12H12ClN3O3S. The molecule has 0 spiro atoms. The van der Waals surface area contributed by atoms with Gasteiger partial charge in [0.1, 0.15) is 10.0 Å². The van der Waals surface area contributed by atoms with Crippen molar-refractivity contribution in [2.24, 2.45) is 0 Å². The summed E-state index contributed by atoms with van der Waals surface area (Å²) in [5.41, 5.74) is 0.313. The zero-order chi connectivity index (χ0) is 14.6. The number of halogens is 1. The molecule has 8 heteroatoms. The highest BCUT2D eigenvalue weighted by Gasteiger charge is 2.18. The number of nitrogens with one attached hydrogen (secondary N) is 1. The van der Waals surface area contributed by atoms with Crippen LogP contribution < -0.4 is 9.46 Å². The van der Waals surface area contributed by atoms with E-state index in [1.807, 2.05) is 6.92 Å². The molecule has 106 valence electrons. The van der Waals surface area contributed by atoms with Gasteiger partial charge in [0.05, 0.1) is 18.5 Å². The summed E-state index contributed by atoms with van der Waals surface area (Å²) in [6, 6.07) is 6.00. The highest BCUT2D eigenvalue weighted by Crippen LogP contribution is 2.21. The Bertz CT molecular complexity index is 689. The normalized spacial score (nSPS) is 11.1. The molecule has 0 saturated carbocycles. The van der Waals surface area contributed by atoms with Crippen LogP contribution in [0.25, 0.3) is 0 Å². The predicted molar refractivity (Wildman–Crippen MR) is 75.5 cm³/mol. The van der Waals surface area contributed by atoms with E-state index in [2.05, 4.69) is 14.7 Å². The molecule has 1 N–H and O–H groups in total. The second-order valence-corrected chi connectivity index (χ2v) is 5.72. The van der Waals surface area contributed by atoms with E-state index in [1.165, 1.54) is 24.5 Å². The van der Waals surface area contributed by atoms with Gasteiger partial charge in [-0.3, -0.25) is 4.72 Å². The third-order valence-corrected chi connectivity index (χ3v) is 4.12. The Labute approximate surface area is 121 Å². The number of pyridine rings is 2. The fraction of sp³-hybridized carbons (Fsp3) is 0.167. The van der Waals surface area contributed by atoms with Crippen molar-refractivity contribution in [3.05, 3.63) is 41.8 Å². The van der Waals surface area contributed by atoms with Crippen LogP contribution in [0.3, 0.4) is 0 Å². The number of hydrogen-bond acceptors (Lipinski definition) is 5. The molecule has 0 amide bonds. The van der Waals surface area contributed by atoms with Gasteiger partial charge in [0.2, 0.25) is 5.88 Å². The van der Waals surface area contributed by atoms with Crippen molar-refractivity contribution in [1.29, 1.82) is 0 Å². The maximum Gasteiger partial charge on any atom is 0.265 e. The van der Waals surface area contributed by atoms with Crippen LogP contribution in [0.1, 0.15) is 6.92 Å². The summed E-state index contributed by atoms with van der Waals surface area (Å²) in [5, 5.41) is -0.0844. The zero-order valence-electron chi connectivity index (χ0n) is 10.6. The summed E-state index contributed by atoms with van der Waals surface area (Å²) in [5.74, 6) is 0.426. The standard InChI is InChI=1S/C12H12ClN3O3S/c1-2-19-11-6-5-9(8-15-11)16-20(17,18)10-4-3-7-14-12(10)13/h3-8,16H,2H2,1H3. The Morgan fingerprint density at radius 1 is 1.30 bits per heavy atom. The van der Waals surface area contributed by atoms with E-state index in [-0.39, 0.29) is 10.0 Å². The van der Waals surface area contributed by atoms with E-state index in [0.717, 1.165) is 0 Å². The van der Waals surface area contributed by atoms with Crippen LogP contribution >= 0.6 is 11.6 Å². The number of anilines is 1. The van der Waals surface area contributed by atoms with Gasteiger partial charge in [0, 0.05) is 12.3 Å². The van der Waals surface area contributed by atoms with Crippen LogP contribution in [0.5, 0.6) is 5.88 Å². The molecule has 0 aliphatic carbocycles. The van der Waals surface area contributed by atoms with Crippen molar-refractivity contribution in [1.82, 2.24) is 9.97 Å². The SMILES string of the molecule is CCOc1ccc(NS(=O)(=O)c2cccnc2Cl)cn1. The fourth-order valence-electron chi connectivity index (χ4n) is 1.46. The molecule has 2 heterocycles. The molecule has 2 aromatic heterocycles. The maximum atomic E-state index is 12.1. The first kappa shape index (κ1) is 14.5. The molecule has 20 heavy (non-hydrogen) atoms. The molecule has 0 atom stereocenters. The van der Waals surface area contributed by atoms with Gasteiger partial charge in [0.15, 0.2) is 0 Å². The first-order valence-electron chi connectivity index (χ1n) is 5.75. The molecular weight excluding hydrogens is 302 g/mol. The zero-order valence-corrected chi connectivity index (χ0v) is 12.1. The van der Waals surface area contributed by atoms with E-state index < -0.39 is 10.0 Å². The summed E-state index contributed by atoms with van der Waals surface area (Å²) in [7, 11) is -3.79. The van der Waals surface area contributed by atoms with Crippen molar-refractivity contribution < 1.29 is 13.2 Å². The number of nitrogens with zero attached hydrogens (tertiary/aromatic N) is 2. The molecule has 0 radical (unpaired) electrons. The smallest absolute Gasteiger partial charge is 0.265 e. The van der Waals surface area contributed by atoms with Gasteiger partial charge in [-0.25, -0.2) is 18.4 Å². The maximum absolute atomic E-state index is 12.1. The average Bonchev–Trinajstić information content (AvgIpc) is 2.41. The lowest BCUT2D eigenvalue weighted by molar-refractivity contribution is 0.327. The molecule has 2 aromatic rings. The minimum Gasteiger partial charge on any atom is -0.478 e. The third-order valence-electron chi connectivity index (χ3n) is 2.30. The number of hydrogen-bond donors (Lipinski definition) is 1. The Hall–Kier alpha value is -1.86. The predicted octanol–water partition coefficient (Wildman–Crippen LogP) is 2.33. The van der Waals surface area contributed by atoms with Gasteiger partial charge in [-0.2, -0.15) is 0 Å². The number of aromatic nitrogens is 2. The van der Waals surface area contributed by atoms with Gasteiger partial charge in [-0.15, -0.1) is 0 Å². The minimum atomic E-state index is -3.79. The van der Waals surface area contributed by atoms with E-state index in [1.54, 1.807) is 12.1 Å². The second kappa shape index (κ2) is 6.06. The number of sulfonamides is 1. The molecule has 0 saturated heterocycles. The van der Waals surface area contributed by atoms with Crippen molar-refractivity contribution in [3.8, 4) is 5.88 Å². The lowest BCUT2D eigenvalue weighted by Crippen LogP contribution is -2.14. The van der Waals surface area contributed by atoms with Crippen LogP contribution in [0, 0.1) is 0 Å². The van der Waals surface area contributed by atoms with Gasteiger partial charge in [-0.1, -0.05) is 11.6 Å². The van der Waals surface area contributed by atoms with Crippen LogP contribution in [-0.2, 0) is 10.0 Å². The van der Waals surface area contributed by atoms with Crippen LogP contribution in [0.2, 0.25) is 5.15 Å². The lowest BCUT2D eigenvalue weighted by Gasteiger charge is -2.09. The minimum absolute atomic E-state index is 0.0844. The van der Waals surface area contributed by atoms with Gasteiger partial charge >= 0.3 is 0 Å². The lowest BCUT2D eigenvalue weighted by atomic mass is 10.4. The summed E-state index contributed by atoms with van der Waals surface area (Å²) < 4.78 is 31.8. The Morgan fingerprint density at radius 3 is 2.70 bits per heavy atom. The molecule has 0 aliphatic rings. The third kappa shape index (κ3) is 3.37. The largest absolute Gasteiger partial charge is 0.478 e. The molecule has 0 bridgehead atoms. The van der Waals surface area contributed by atoms with Crippen LogP contribution in [0.4, 0.5) is 5.69 Å². The summed E-state index contributed by atoms with van der Waals surface area (Å²) in [4.78, 5) is 7.62. The average molecular weight is 314 g/mol. The number of rotatable bonds is 5. The van der Waals surface area contributed by atoms with E-state index in [4.69, 9.17) is 16.3 Å². The van der Waals surface area contributed by atoms with Gasteiger partial charge in [0.25, 0.3) is 10.0 Å². The molecule has 0 aromatic carbocycles. The fourth-order valence-corrected chi connectivity index (χ4v) is 2.95. The quantitative estimate of drug-likeness (QED) is 0.857. The Balaban J connectivity index is 2.22. The Kier molecular flexibility index (Phi) is 4.41. The summed E-state index contributed by atoms with van der Waals surface area (Å²) >= 11 is 5.78. The topological polar surface area (TPSA) is 81.2 Å². The first-order valence-corrected chi connectivity index (χ1v) is 7.61. The van der Waals surface area contributed by atoms with Gasteiger partial charge < -0.3 is 4.74 Å². The van der Waals surface area contributed by atoms with Crippen molar-refractivity contribution in [2.45, 2.75) is 11.8 Å². The van der Waals surface area contributed by atoms with Crippen LogP contribution in [0.15, 0.2) is 41.6 Å². The first-order chi connectivity index (χ1) is 9.53. The van der Waals surface area contributed by atoms with E-state index in [9.17, 15) is 8.42 Å². The monoisotopic (exact) mass is 313 g/mol. The summed E-state index contributed by atoms with van der Waals surface area (Å²) in [6.45, 7) is 2.33. The highest BCUT2D eigenvalue weighted by molar-refractivity contribution is 7.92. The van der Waals surface area contributed by atoms with Crippen LogP contribution in [-0.4, -0.2) is 25.0 Å². The van der Waals surface area contributed by atoms with Gasteiger partial charge in [-0.05, 0) is 25.1 Å². The Morgan fingerprint density at radius 2 is 2.10 bits per heavy atom. The van der Waals surface area contributed by atoms with E-state index >= 15 is 0 Å². The van der Waals surface area contributed by atoms with Crippen molar-refractivity contribution >= 4 is 27.3 Å². The highest BCUT2D eigenvalue weighted by atomic mass is 35.5. The summed E-state index contributed by atoms with van der Waals surface area (Å²) in [6.07, 6.45) is 2.78. The molecule has 6 nitrogen and oxygen atoms in total. The molecule has 0 aliphatic heterocycles. The molecule has 0 fully saturated rings. The molecule has 0 unspecified atom stereocenters. The van der Waals surface area contributed by atoms with Crippen molar-refractivity contribution in [2.75, 3.05) is 11.3 Å².